The summed E-state index contributed by atoms with van der Waals surface area (Å²) >= 11 is 0. The van der Waals surface area contributed by atoms with E-state index in [1.807, 2.05) is 0 Å². The highest BCUT2D eigenvalue weighted by Crippen LogP contribution is 2.49. The smallest absolute Gasteiger partial charge is 0.0410 e. The Morgan fingerprint density at radius 3 is 2.78 bits per heavy atom. The van der Waals surface area contributed by atoms with Crippen LogP contribution in [0.3, 0.4) is 0 Å². The first kappa shape index (κ1) is 12.1. The van der Waals surface area contributed by atoms with E-state index in [-0.39, 0.29) is 0 Å². The van der Waals surface area contributed by atoms with Gasteiger partial charge in [-0.2, -0.15) is 0 Å². The zero-order chi connectivity index (χ0) is 12.9. The van der Waals surface area contributed by atoms with E-state index in [2.05, 4.69) is 51.2 Å². The lowest BCUT2D eigenvalue weighted by atomic mass is 9.61. The van der Waals surface area contributed by atoms with Crippen molar-refractivity contribution < 1.29 is 0 Å². The molecule has 1 heteroatoms. The van der Waals surface area contributed by atoms with E-state index in [0.29, 0.717) is 11.5 Å². The van der Waals surface area contributed by atoms with Crippen LogP contribution in [0.2, 0.25) is 0 Å². The Morgan fingerprint density at radius 2 is 2.00 bits per heavy atom. The molecule has 98 valence electrons. The van der Waals surface area contributed by atoms with Gasteiger partial charge in [-0.1, -0.05) is 45.4 Å². The number of aryl methyl sites for hydroxylation is 1. The summed E-state index contributed by atoms with van der Waals surface area (Å²) in [4.78, 5) is 0. The zero-order valence-electron chi connectivity index (χ0n) is 12.1. The summed E-state index contributed by atoms with van der Waals surface area (Å²) in [6.07, 6.45) is 4.11. The van der Waals surface area contributed by atoms with E-state index >= 15 is 0 Å². The predicted octanol–water partition coefficient (Wildman–Crippen LogP) is 4.50. The molecule has 1 aromatic carbocycles. The molecular weight excluding hydrogens is 218 g/mol. The molecule has 0 bridgehead atoms. The maximum absolute atomic E-state index is 3.85. The molecule has 2 unspecified atom stereocenters. The van der Waals surface area contributed by atoms with Crippen molar-refractivity contribution in [3.8, 4) is 0 Å². The van der Waals surface area contributed by atoms with Crippen molar-refractivity contribution in [3.63, 3.8) is 0 Å². The fraction of sp³-hybridized carbons (Fsp3) is 0.647. The molecule has 3 atom stereocenters. The van der Waals surface area contributed by atoms with Gasteiger partial charge in [0.25, 0.3) is 0 Å². The summed E-state index contributed by atoms with van der Waals surface area (Å²) in [7, 11) is 0. The Bertz CT molecular complexity index is 461. The third-order valence-electron chi connectivity index (χ3n) is 5.34. The molecule has 3 rings (SSSR count). The van der Waals surface area contributed by atoms with Gasteiger partial charge in [-0.05, 0) is 48.1 Å². The molecule has 0 radical (unpaired) electrons. The normalized spacial score (nSPS) is 33.2. The molecule has 1 fully saturated rings. The average molecular weight is 243 g/mol. The minimum Gasteiger partial charge on any atom is -0.382 e. The molecule has 18 heavy (non-hydrogen) atoms. The summed E-state index contributed by atoms with van der Waals surface area (Å²) < 4.78 is 0. The number of hydrogen-bond acceptors (Lipinski definition) is 1. The molecule has 2 aliphatic rings. The van der Waals surface area contributed by atoms with E-state index in [9.17, 15) is 0 Å². The number of anilines is 1. The molecule has 1 heterocycles. The van der Waals surface area contributed by atoms with Crippen molar-refractivity contribution in [2.75, 3.05) is 5.32 Å². The first-order valence-electron chi connectivity index (χ1n) is 7.37. The van der Waals surface area contributed by atoms with Gasteiger partial charge in [0.15, 0.2) is 0 Å². The topological polar surface area (TPSA) is 12.0 Å². The van der Waals surface area contributed by atoms with Crippen LogP contribution in [0.15, 0.2) is 18.2 Å². The van der Waals surface area contributed by atoms with Gasteiger partial charge < -0.3 is 5.32 Å². The monoisotopic (exact) mass is 243 g/mol. The van der Waals surface area contributed by atoms with Crippen LogP contribution < -0.4 is 5.32 Å². The van der Waals surface area contributed by atoms with Gasteiger partial charge in [-0.25, -0.2) is 0 Å². The van der Waals surface area contributed by atoms with Gasteiger partial charge in [0, 0.05) is 11.7 Å². The van der Waals surface area contributed by atoms with Gasteiger partial charge in [0.1, 0.15) is 0 Å². The number of fused-ring (bicyclic) bond motifs is 2. The van der Waals surface area contributed by atoms with Gasteiger partial charge in [0.2, 0.25) is 0 Å². The quantitative estimate of drug-likeness (QED) is 0.707. The molecule has 1 aromatic rings. The van der Waals surface area contributed by atoms with Crippen molar-refractivity contribution in [3.05, 3.63) is 29.3 Å². The highest BCUT2D eigenvalue weighted by Gasteiger charge is 2.44. The van der Waals surface area contributed by atoms with Crippen molar-refractivity contribution in [2.45, 2.75) is 58.4 Å². The van der Waals surface area contributed by atoms with Crippen LogP contribution in [-0.2, 0) is 5.41 Å². The van der Waals surface area contributed by atoms with Crippen molar-refractivity contribution in [2.24, 2.45) is 11.8 Å². The maximum Gasteiger partial charge on any atom is 0.0410 e. The lowest BCUT2D eigenvalue weighted by molar-refractivity contribution is 0.173. The summed E-state index contributed by atoms with van der Waals surface area (Å²) in [5.41, 5.74) is 4.66. The van der Waals surface area contributed by atoms with Gasteiger partial charge in [-0.15, -0.1) is 0 Å². The van der Waals surface area contributed by atoms with Crippen LogP contribution >= 0.6 is 0 Å². The third-order valence-corrected chi connectivity index (χ3v) is 5.34. The number of para-hydroxylation sites is 1. The van der Waals surface area contributed by atoms with Crippen molar-refractivity contribution >= 4 is 5.69 Å². The summed E-state index contributed by atoms with van der Waals surface area (Å²) in [5.74, 6) is 1.67. The largest absolute Gasteiger partial charge is 0.382 e. The molecule has 0 amide bonds. The Balaban J connectivity index is 2.07. The minimum absolute atomic E-state index is 0.317. The first-order chi connectivity index (χ1) is 8.50. The number of nitrogens with one attached hydrogen (secondary N) is 1. The number of benzene rings is 1. The molecule has 1 N–H and O–H groups in total. The lowest BCUT2D eigenvalue weighted by Crippen LogP contribution is -2.49. The first-order valence-corrected chi connectivity index (χ1v) is 7.37. The molecule has 1 saturated carbocycles. The van der Waals surface area contributed by atoms with Crippen LogP contribution in [0.5, 0.6) is 0 Å². The third kappa shape index (κ3) is 1.67. The SMILES string of the molecule is Cc1cccc2c1NC1C[C@H](C)CCC1C2(C)C. The minimum atomic E-state index is 0.317. The summed E-state index contributed by atoms with van der Waals surface area (Å²) in [5, 5.41) is 3.85. The second kappa shape index (κ2) is 4.01. The predicted molar refractivity (Wildman–Crippen MR) is 78.1 cm³/mol. The zero-order valence-corrected chi connectivity index (χ0v) is 12.1. The Kier molecular flexibility index (Phi) is 2.69. The van der Waals surface area contributed by atoms with Crippen LogP contribution in [0, 0.1) is 18.8 Å². The second-order valence-corrected chi connectivity index (χ2v) is 6.99. The Morgan fingerprint density at radius 1 is 1.22 bits per heavy atom. The standard InChI is InChI=1S/C17H25N/c1-11-8-9-13-15(10-11)18-16-12(2)6-5-7-14(16)17(13,3)4/h5-7,11,13,15,18H,8-10H2,1-4H3/t11-,13?,15?/m1/s1. The van der Waals surface area contributed by atoms with Crippen LogP contribution in [0.25, 0.3) is 0 Å². The Labute approximate surface area is 111 Å². The molecule has 1 aliphatic heterocycles. The van der Waals surface area contributed by atoms with Crippen LogP contribution in [-0.4, -0.2) is 6.04 Å². The fourth-order valence-corrected chi connectivity index (χ4v) is 4.19. The molecule has 0 spiro atoms. The second-order valence-electron chi connectivity index (χ2n) is 6.99. The highest BCUT2D eigenvalue weighted by molar-refractivity contribution is 5.63. The van der Waals surface area contributed by atoms with Gasteiger partial charge >= 0.3 is 0 Å². The van der Waals surface area contributed by atoms with E-state index in [1.54, 1.807) is 0 Å². The van der Waals surface area contributed by atoms with Gasteiger partial charge in [-0.3, -0.25) is 0 Å². The fourth-order valence-electron chi connectivity index (χ4n) is 4.19. The molecule has 1 nitrogen and oxygen atoms in total. The lowest BCUT2D eigenvalue weighted by Gasteiger charge is -2.50. The highest BCUT2D eigenvalue weighted by atomic mass is 15.0. The van der Waals surface area contributed by atoms with Crippen molar-refractivity contribution in [1.29, 1.82) is 0 Å². The van der Waals surface area contributed by atoms with E-state index in [4.69, 9.17) is 0 Å². The summed E-state index contributed by atoms with van der Waals surface area (Å²) in [6.45, 7) is 9.52. The number of rotatable bonds is 0. The van der Waals surface area contributed by atoms with Gasteiger partial charge in [0.05, 0.1) is 0 Å². The molecule has 1 aliphatic carbocycles. The average Bonchev–Trinajstić information content (AvgIpc) is 2.30. The molecular formula is C17H25N. The van der Waals surface area contributed by atoms with Crippen LogP contribution in [0.4, 0.5) is 5.69 Å². The van der Waals surface area contributed by atoms with E-state index in [1.165, 1.54) is 36.1 Å². The van der Waals surface area contributed by atoms with Crippen LogP contribution in [0.1, 0.15) is 51.2 Å². The van der Waals surface area contributed by atoms with E-state index in [0.717, 1.165) is 11.8 Å². The van der Waals surface area contributed by atoms with Crippen molar-refractivity contribution in [1.82, 2.24) is 0 Å². The summed E-state index contributed by atoms with van der Waals surface area (Å²) in [6, 6.07) is 7.44. The maximum atomic E-state index is 3.85. The molecule has 0 aromatic heterocycles. The number of hydrogen-bond donors (Lipinski definition) is 1. The Hall–Kier alpha value is -0.980. The molecule has 0 saturated heterocycles. The van der Waals surface area contributed by atoms with E-state index < -0.39 is 0 Å².